The van der Waals surface area contributed by atoms with Crippen LogP contribution in [0.1, 0.15) is 20.8 Å². The van der Waals surface area contributed by atoms with Crippen LogP contribution in [-0.2, 0) is 13.2 Å². The molecule has 3 nitrogen and oxygen atoms in total. The lowest BCUT2D eigenvalue weighted by atomic mass is 10.2. The highest BCUT2D eigenvalue weighted by atomic mass is 35.5. The van der Waals surface area contributed by atoms with E-state index < -0.39 is 0 Å². The van der Waals surface area contributed by atoms with Gasteiger partial charge in [-0.05, 0) is 41.3 Å². The SMILES string of the molecule is O=C(NCc1cccs1)c1ccccc1OCc1ccc(Cl)cc1. The second-order valence-electron chi connectivity index (χ2n) is 5.17. The smallest absolute Gasteiger partial charge is 0.255 e. The van der Waals surface area contributed by atoms with Crippen LogP contribution in [0.5, 0.6) is 5.75 Å². The van der Waals surface area contributed by atoms with E-state index >= 15 is 0 Å². The molecule has 0 aliphatic carbocycles. The number of para-hydroxylation sites is 1. The number of halogens is 1. The van der Waals surface area contributed by atoms with E-state index in [1.807, 2.05) is 53.9 Å². The molecular formula is C19H16ClNO2S. The summed E-state index contributed by atoms with van der Waals surface area (Å²) in [6, 6.07) is 18.7. The Balaban J connectivity index is 1.65. The summed E-state index contributed by atoms with van der Waals surface area (Å²) in [5, 5.41) is 5.60. The molecule has 0 saturated carbocycles. The molecule has 0 unspecified atom stereocenters. The molecule has 1 N–H and O–H groups in total. The first-order chi connectivity index (χ1) is 11.7. The van der Waals surface area contributed by atoms with Crippen LogP contribution >= 0.6 is 22.9 Å². The Kier molecular flexibility index (Phi) is 5.51. The summed E-state index contributed by atoms with van der Waals surface area (Å²) < 4.78 is 5.82. The van der Waals surface area contributed by atoms with E-state index in [9.17, 15) is 4.79 Å². The molecule has 0 aliphatic heterocycles. The van der Waals surface area contributed by atoms with Crippen LogP contribution in [0.15, 0.2) is 66.0 Å². The van der Waals surface area contributed by atoms with Gasteiger partial charge in [-0.3, -0.25) is 4.79 Å². The van der Waals surface area contributed by atoms with E-state index in [0.29, 0.717) is 29.5 Å². The first kappa shape index (κ1) is 16.6. The van der Waals surface area contributed by atoms with Crippen LogP contribution in [-0.4, -0.2) is 5.91 Å². The predicted molar refractivity (Wildman–Crippen MR) is 97.7 cm³/mol. The summed E-state index contributed by atoms with van der Waals surface area (Å²) in [6.45, 7) is 0.897. The lowest BCUT2D eigenvalue weighted by Crippen LogP contribution is -2.23. The zero-order chi connectivity index (χ0) is 16.8. The topological polar surface area (TPSA) is 38.3 Å². The van der Waals surface area contributed by atoms with Crippen molar-refractivity contribution < 1.29 is 9.53 Å². The van der Waals surface area contributed by atoms with Crippen molar-refractivity contribution in [3.8, 4) is 5.75 Å². The molecule has 0 radical (unpaired) electrons. The van der Waals surface area contributed by atoms with Crippen molar-refractivity contribution in [3.63, 3.8) is 0 Å². The number of hydrogen-bond donors (Lipinski definition) is 1. The Labute approximate surface area is 149 Å². The third kappa shape index (κ3) is 4.37. The van der Waals surface area contributed by atoms with Crippen molar-refractivity contribution in [1.82, 2.24) is 5.32 Å². The lowest BCUT2D eigenvalue weighted by Gasteiger charge is -2.11. The number of carbonyl (C=O) groups is 1. The van der Waals surface area contributed by atoms with Gasteiger partial charge in [0.25, 0.3) is 5.91 Å². The van der Waals surface area contributed by atoms with Gasteiger partial charge in [-0.2, -0.15) is 0 Å². The van der Waals surface area contributed by atoms with E-state index in [-0.39, 0.29) is 5.91 Å². The largest absolute Gasteiger partial charge is 0.488 e. The third-order valence-corrected chi connectivity index (χ3v) is 4.57. The van der Waals surface area contributed by atoms with Gasteiger partial charge in [0.05, 0.1) is 12.1 Å². The molecule has 2 aromatic carbocycles. The number of benzene rings is 2. The summed E-state index contributed by atoms with van der Waals surface area (Å²) in [5.74, 6) is 0.422. The highest BCUT2D eigenvalue weighted by Gasteiger charge is 2.12. The van der Waals surface area contributed by atoms with Crippen molar-refractivity contribution >= 4 is 28.8 Å². The molecule has 0 atom stereocenters. The number of carbonyl (C=O) groups excluding carboxylic acids is 1. The number of amides is 1. The highest BCUT2D eigenvalue weighted by molar-refractivity contribution is 7.09. The van der Waals surface area contributed by atoms with Crippen molar-refractivity contribution in [3.05, 3.63) is 87.1 Å². The van der Waals surface area contributed by atoms with Crippen LogP contribution in [0, 0.1) is 0 Å². The van der Waals surface area contributed by atoms with Gasteiger partial charge in [-0.1, -0.05) is 41.9 Å². The highest BCUT2D eigenvalue weighted by Crippen LogP contribution is 2.20. The van der Waals surface area contributed by atoms with Crippen molar-refractivity contribution in [1.29, 1.82) is 0 Å². The molecule has 24 heavy (non-hydrogen) atoms. The van der Waals surface area contributed by atoms with Gasteiger partial charge >= 0.3 is 0 Å². The van der Waals surface area contributed by atoms with E-state index in [4.69, 9.17) is 16.3 Å². The minimum Gasteiger partial charge on any atom is -0.488 e. The van der Waals surface area contributed by atoms with Crippen LogP contribution < -0.4 is 10.1 Å². The van der Waals surface area contributed by atoms with E-state index in [0.717, 1.165) is 10.4 Å². The van der Waals surface area contributed by atoms with E-state index in [2.05, 4.69) is 5.32 Å². The molecule has 1 heterocycles. The maximum absolute atomic E-state index is 12.4. The van der Waals surface area contributed by atoms with Gasteiger partial charge in [-0.25, -0.2) is 0 Å². The third-order valence-electron chi connectivity index (χ3n) is 3.44. The lowest BCUT2D eigenvalue weighted by molar-refractivity contribution is 0.0947. The van der Waals surface area contributed by atoms with Gasteiger partial charge < -0.3 is 10.1 Å². The normalized spacial score (nSPS) is 10.4. The molecule has 122 valence electrons. The Hall–Kier alpha value is -2.30. The average Bonchev–Trinajstić information content (AvgIpc) is 3.13. The summed E-state index contributed by atoms with van der Waals surface area (Å²) in [4.78, 5) is 13.5. The van der Waals surface area contributed by atoms with Crippen LogP contribution in [0.25, 0.3) is 0 Å². The molecule has 1 amide bonds. The van der Waals surface area contributed by atoms with Crippen LogP contribution in [0.2, 0.25) is 5.02 Å². The summed E-state index contributed by atoms with van der Waals surface area (Å²) in [5.41, 5.74) is 1.52. The molecule has 5 heteroatoms. The van der Waals surface area contributed by atoms with Gasteiger partial charge in [-0.15, -0.1) is 11.3 Å². The Morgan fingerprint density at radius 3 is 2.58 bits per heavy atom. The maximum Gasteiger partial charge on any atom is 0.255 e. The molecule has 0 bridgehead atoms. The number of thiophene rings is 1. The fourth-order valence-electron chi connectivity index (χ4n) is 2.20. The van der Waals surface area contributed by atoms with Crippen LogP contribution in [0.4, 0.5) is 0 Å². The number of hydrogen-bond acceptors (Lipinski definition) is 3. The van der Waals surface area contributed by atoms with Crippen molar-refractivity contribution in [2.75, 3.05) is 0 Å². The molecule has 0 fully saturated rings. The van der Waals surface area contributed by atoms with Crippen LogP contribution in [0.3, 0.4) is 0 Å². The predicted octanol–water partition coefficient (Wildman–Crippen LogP) is 4.91. The standard InChI is InChI=1S/C19H16ClNO2S/c20-15-9-7-14(8-10-15)13-23-18-6-2-1-5-17(18)19(22)21-12-16-4-3-11-24-16/h1-11H,12-13H2,(H,21,22). The molecule has 0 spiro atoms. The Morgan fingerprint density at radius 2 is 1.83 bits per heavy atom. The number of rotatable bonds is 6. The molecule has 3 aromatic rings. The Bertz CT molecular complexity index is 800. The van der Waals surface area contributed by atoms with Gasteiger partial charge in [0.2, 0.25) is 0 Å². The first-order valence-electron chi connectivity index (χ1n) is 7.49. The molecule has 0 saturated heterocycles. The average molecular weight is 358 g/mol. The minimum atomic E-state index is -0.143. The molecule has 0 aliphatic rings. The maximum atomic E-state index is 12.4. The van der Waals surface area contributed by atoms with Gasteiger partial charge in [0.1, 0.15) is 12.4 Å². The van der Waals surface area contributed by atoms with Crippen molar-refractivity contribution in [2.24, 2.45) is 0 Å². The van der Waals surface area contributed by atoms with Crippen molar-refractivity contribution in [2.45, 2.75) is 13.2 Å². The first-order valence-corrected chi connectivity index (χ1v) is 8.75. The zero-order valence-corrected chi connectivity index (χ0v) is 14.4. The second-order valence-corrected chi connectivity index (χ2v) is 6.64. The summed E-state index contributed by atoms with van der Waals surface area (Å²) in [6.07, 6.45) is 0. The van der Waals surface area contributed by atoms with Gasteiger partial charge in [0.15, 0.2) is 0 Å². The second kappa shape index (κ2) is 7.99. The molecule has 3 rings (SSSR count). The fourth-order valence-corrected chi connectivity index (χ4v) is 2.97. The van der Waals surface area contributed by atoms with E-state index in [1.165, 1.54) is 0 Å². The monoisotopic (exact) mass is 357 g/mol. The minimum absolute atomic E-state index is 0.143. The number of nitrogens with one attached hydrogen (secondary N) is 1. The van der Waals surface area contributed by atoms with E-state index in [1.54, 1.807) is 23.5 Å². The molecular weight excluding hydrogens is 342 g/mol. The Morgan fingerprint density at radius 1 is 1.04 bits per heavy atom. The molecule has 1 aromatic heterocycles. The van der Waals surface area contributed by atoms with Gasteiger partial charge in [0, 0.05) is 9.90 Å². The quantitative estimate of drug-likeness (QED) is 0.680. The summed E-state index contributed by atoms with van der Waals surface area (Å²) in [7, 11) is 0. The number of ether oxygens (including phenoxy) is 1. The zero-order valence-electron chi connectivity index (χ0n) is 12.9. The fraction of sp³-hybridized carbons (Fsp3) is 0.105. The summed E-state index contributed by atoms with van der Waals surface area (Å²) >= 11 is 7.50.